The zero-order valence-corrected chi connectivity index (χ0v) is 17.4. The molecule has 3 heterocycles. The molecule has 1 amide bonds. The number of piperidine rings is 1. The number of methoxy groups -OCH3 is 2. The second-order valence-electron chi connectivity index (χ2n) is 7.72. The molecule has 156 valence electrons. The van der Waals surface area contributed by atoms with Crippen molar-refractivity contribution in [3.05, 3.63) is 35.2 Å². The number of aromatic nitrogens is 3. The molecule has 2 saturated heterocycles. The Labute approximate surface area is 171 Å². The van der Waals surface area contributed by atoms with E-state index >= 15 is 0 Å². The summed E-state index contributed by atoms with van der Waals surface area (Å²) >= 11 is 0. The van der Waals surface area contributed by atoms with Crippen molar-refractivity contribution in [1.82, 2.24) is 25.2 Å². The first kappa shape index (κ1) is 19.7. The Morgan fingerprint density at radius 2 is 1.90 bits per heavy atom. The third-order valence-corrected chi connectivity index (χ3v) is 6.09. The van der Waals surface area contributed by atoms with Crippen LogP contribution in [0.3, 0.4) is 0 Å². The predicted molar refractivity (Wildman–Crippen MR) is 108 cm³/mol. The van der Waals surface area contributed by atoms with Crippen LogP contribution in [0.2, 0.25) is 0 Å². The van der Waals surface area contributed by atoms with E-state index in [1.54, 1.807) is 14.2 Å². The molecule has 0 bridgehead atoms. The summed E-state index contributed by atoms with van der Waals surface area (Å²) in [5.41, 5.74) is 2.38. The van der Waals surface area contributed by atoms with Crippen LogP contribution in [-0.4, -0.2) is 59.7 Å². The van der Waals surface area contributed by atoms with E-state index < -0.39 is 0 Å². The maximum atomic E-state index is 13.4. The molecule has 8 heteroatoms. The van der Waals surface area contributed by atoms with Crippen LogP contribution in [0.5, 0.6) is 11.5 Å². The maximum Gasteiger partial charge on any atom is 0.276 e. The van der Waals surface area contributed by atoms with Crippen molar-refractivity contribution >= 4 is 5.91 Å². The van der Waals surface area contributed by atoms with E-state index in [0.29, 0.717) is 23.2 Å². The number of rotatable bonds is 5. The lowest BCUT2D eigenvalue weighted by Gasteiger charge is -2.26. The Kier molecular flexibility index (Phi) is 5.71. The summed E-state index contributed by atoms with van der Waals surface area (Å²) in [6.07, 6.45) is 3.90. The molecular weight excluding hydrogens is 370 g/mol. The number of nitrogens with zero attached hydrogens (tertiary/aromatic N) is 4. The van der Waals surface area contributed by atoms with Crippen molar-refractivity contribution in [2.75, 3.05) is 33.9 Å². The average molecular weight is 399 g/mol. The molecule has 29 heavy (non-hydrogen) atoms. The number of hydrogen-bond acceptors (Lipinski definition) is 6. The fourth-order valence-corrected chi connectivity index (χ4v) is 4.49. The van der Waals surface area contributed by atoms with Crippen molar-refractivity contribution in [3.63, 3.8) is 0 Å². The number of likely N-dealkylation sites (tertiary alicyclic amines) is 1. The summed E-state index contributed by atoms with van der Waals surface area (Å²) in [6, 6.07) is 6.19. The first-order chi connectivity index (χ1) is 14.1. The van der Waals surface area contributed by atoms with Crippen LogP contribution in [0.4, 0.5) is 0 Å². The number of nitrogens with one attached hydrogen (secondary N) is 1. The molecule has 2 aromatic rings. The molecule has 2 aliphatic heterocycles. The molecule has 0 saturated carbocycles. The largest absolute Gasteiger partial charge is 0.493 e. The van der Waals surface area contributed by atoms with E-state index in [4.69, 9.17) is 9.47 Å². The molecule has 1 unspecified atom stereocenters. The number of amides is 1. The van der Waals surface area contributed by atoms with Crippen molar-refractivity contribution in [2.24, 2.45) is 0 Å². The molecule has 2 fully saturated rings. The minimum absolute atomic E-state index is 0.00531. The summed E-state index contributed by atoms with van der Waals surface area (Å²) in [7, 11) is 3.25. The van der Waals surface area contributed by atoms with Gasteiger partial charge in [0.25, 0.3) is 5.91 Å². The SMILES string of the molecule is COc1ccc(C2CCCN2C(=O)c2nnn(C3CCNCC3)c2C)cc1OC. The molecule has 1 aromatic carbocycles. The van der Waals surface area contributed by atoms with Gasteiger partial charge in [-0.15, -0.1) is 5.10 Å². The van der Waals surface area contributed by atoms with Crippen LogP contribution in [0, 0.1) is 6.92 Å². The molecular formula is C21H29N5O3. The lowest BCUT2D eigenvalue weighted by atomic mass is 10.0. The number of carbonyl (C=O) groups is 1. The van der Waals surface area contributed by atoms with Crippen LogP contribution in [-0.2, 0) is 0 Å². The van der Waals surface area contributed by atoms with Gasteiger partial charge in [-0.25, -0.2) is 4.68 Å². The van der Waals surface area contributed by atoms with Crippen LogP contribution in [0.25, 0.3) is 0 Å². The van der Waals surface area contributed by atoms with Crippen molar-refractivity contribution < 1.29 is 14.3 Å². The van der Waals surface area contributed by atoms with Crippen LogP contribution in [0.15, 0.2) is 18.2 Å². The van der Waals surface area contributed by atoms with Gasteiger partial charge in [0.15, 0.2) is 17.2 Å². The second kappa shape index (κ2) is 8.41. The van der Waals surface area contributed by atoms with E-state index in [2.05, 4.69) is 15.6 Å². The van der Waals surface area contributed by atoms with Gasteiger partial charge >= 0.3 is 0 Å². The molecule has 0 spiro atoms. The lowest BCUT2D eigenvalue weighted by molar-refractivity contribution is 0.0728. The Morgan fingerprint density at radius 1 is 1.14 bits per heavy atom. The second-order valence-corrected chi connectivity index (χ2v) is 7.72. The zero-order chi connectivity index (χ0) is 20.4. The Balaban J connectivity index is 1.58. The molecule has 8 nitrogen and oxygen atoms in total. The van der Waals surface area contributed by atoms with Crippen LogP contribution >= 0.6 is 0 Å². The van der Waals surface area contributed by atoms with Gasteiger partial charge in [0.05, 0.1) is 32.0 Å². The third-order valence-electron chi connectivity index (χ3n) is 6.09. The monoisotopic (exact) mass is 399 g/mol. The number of benzene rings is 1. The highest BCUT2D eigenvalue weighted by Gasteiger charge is 2.34. The van der Waals surface area contributed by atoms with Gasteiger partial charge in [0.1, 0.15) is 0 Å². The average Bonchev–Trinajstić information content (AvgIpc) is 3.40. The molecule has 1 aromatic heterocycles. The summed E-state index contributed by atoms with van der Waals surface area (Å²) < 4.78 is 12.7. The third kappa shape index (κ3) is 3.69. The molecule has 0 radical (unpaired) electrons. The maximum absolute atomic E-state index is 13.4. The van der Waals surface area contributed by atoms with Crippen LogP contribution < -0.4 is 14.8 Å². The standard InChI is InChI=1S/C21H29N5O3/c1-14-20(23-24-26(14)16-8-10-22-11-9-16)21(27)25-12-4-5-17(25)15-6-7-18(28-2)19(13-15)29-3/h6-7,13,16-17,22H,4-5,8-12H2,1-3H3. The summed E-state index contributed by atoms with van der Waals surface area (Å²) in [4.78, 5) is 15.3. The van der Waals surface area contributed by atoms with Gasteiger partial charge < -0.3 is 19.7 Å². The molecule has 2 aliphatic rings. The fourth-order valence-electron chi connectivity index (χ4n) is 4.49. The summed E-state index contributed by atoms with van der Waals surface area (Å²) in [5, 5.41) is 12.0. The molecule has 1 N–H and O–H groups in total. The van der Waals surface area contributed by atoms with Crippen LogP contribution in [0.1, 0.15) is 59.5 Å². The van der Waals surface area contributed by atoms with Gasteiger partial charge in [-0.2, -0.15) is 0 Å². The van der Waals surface area contributed by atoms with E-state index in [9.17, 15) is 4.79 Å². The quantitative estimate of drug-likeness (QED) is 0.832. The first-order valence-corrected chi connectivity index (χ1v) is 10.3. The topological polar surface area (TPSA) is 81.5 Å². The number of carbonyl (C=O) groups excluding carboxylic acids is 1. The highest BCUT2D eigenvalue weighted by atomic mass is 16.5. The fraction of sp³-hybridized carbons (Fsp3) is 0.571. The zero-order valence-electron chi connectivity index (χ0n) is 17.4. The van der Waals surface area contributed by atoms with Gasteiger partial charge in [-0.3, -0.25) is 4.79 Å². The predicted octanol–water partition coefficient (Wildman–Crippen LogP) is 2.51. The molecule has 4 rings (SSSR count). The smallest absolute Gasteiger partial charge is 0.276 e. The van der Waals surface area contributed by atoms with Crippen molar-refractivity contribution in [1.29, 1.82) is 0 Å². The van der Waals surface area contributed by atoms with E-state index in [1.165, 1.54) is 0 Å². The minimum Gasteiger partial charge on any atom is -0.493 e. The normalized spacial score (nSPS) is 20.1. The molecule has 0 aliphatic carbocycles. The van der Waals surface area contributed by atoms with Gasteiger partial charge in [0, 0.05) is 6.54 Å². The Bertz CT molecular complexity index is 875. The molecule has 1 atom stereocenters. The van der Waals surface area contributed by atoms with E-state index in [0.717, 1.165) is 56.6 Å². The minimum atomic E-state index is -0.0417. The van der Waals surface area contributed by atoms with Gasteiger partial charge in [-0.1, -0.05) is 11.3 Å². The Morgan fingerprint density at radius 3 is 2.62 bits per heavy atom. The van der Waals surface area contributed by atoms with E-state index in [1.807, 2.05) is 34.7 Å². The first-order valence-electron chi connectivity index (χ1n) is 10.3. The highest BCUT2D eigenvalue weighted by Crippen LogP contribution is 2.37. The number of hydrogen-bond donors (Lipinski definition) is 1. The Hall–Kier alpha value is -2.61. The van der Waals surface area contributed by atoms with Gasteiger partial charge in [0.2, 0.25) is 0 Å². The summed E-state index contributed by atoms with van der Waals surface area (Å²) in [6.45, 7) is 4.62. The summed E-state index contributed by atoms with van der Waals surface area (Å²) in [5.74, 6) is 1.32. The lowest BCUT2D eigenvalue weighted by Crippen LogP contribution is -2.32. The van der Waals surface area contributed by atoms with Crippen molar-refractivity contribution in [2.45, 2.75) is 44.7 Å². The number of ether oxygens (including phenoxy) is 2. The van der Waals surface area contributed by atoms with E-state index in [-0.39, 0.29) is 11.9 Å². The van der Waals surface area contributed by atoms with Crippen molar-refractivity contribution in [3.8, 4) is 11.5 Å². The van der Waals surface area contributed by atoms with Gasteiger partial charge in [-0.05, 0) is 63.4 Å². The highest BCUT2D eigenvalue weighted by molar-refractivity contribution is 5.93.